The lowest BCUT2D eigenvalue weighted by atomic mass is 9.85. The van der Waals surface area contributed by atoms with Crippen molar-refractivity contribution in [2.45, 2.75) is 19.0 Å². The first-order chi connectivity index (χ1) is 12.8. The van der Waals surface area contributed by atoms with Crippen LogP contribution >= 0.6 is 0 Å². The van der Waals surface area contributed by atoms with Gasteiger partial charge in [0.15, 0.2) is 0 Å². The summed E-state index contributed by atoms with van der Waals surface area (Å²) in [6.07, 6.45) is 0.147. The Balaban J connectivity index is 1.37. The molecule has 1 aliphatic heterocycles. The number of nitrogens with one attached hydrogen (secondary N) is 1. The minimum Gasteiger partial charge on any atom is -0.326 e. The van der Waals surface area contributed by atoms with Crippen molar-refractivity contribution in [1.82, 2.24) is 4.90 Å². The zero-order valence-electron chi connectivity index (χ0n) is 14.2. The normalized spacial score (nSPS) is 28.8. The minimum absolute atomic E-state index is 0.0213. The van der Waals surface area contributed by atoms with E-state index in [1.54, 1.807) is 0 Å². The highest BCUT2D eigenvalue weighted by molar-refractivity contribution is 6.06. The molecule has 2 bridgehead atoms. The van der Waals surface area contributed by atoms with Gasteiger partial charge in [0, 0.05) is 18.7 Å². The van der Waals surface area contributed by atoms with Gasteiger partial charge in [-0.25, -0.2) is 0 Å². The molecule has 1 aromatic rings. The van der Waals surface area contributed by atoms with E-state index in [2.05, 4.69) is 5.32 Å². The standard InChI is InChI=1S/C19H17F3N2O3/c20-19(21,22)12-2-1-3-13(9-12)23-14(25)6-7-24-17(26)15-10-4-5-11(8-10)16(15)18(24)27/h1-5,9-11,15-16H,6-8H2,(H,23,25)/t10-,11-,15-,16+/m1/s1. The van der Waals surface area contributed by atoms with E-state index >= 15 is 0 Å². The van der Waals surface area contributed by atoms with E-state index in [0.717, 1.165) is 23.5 Å². The first-order valence-corrected chi connectivity index (χ1v) is 8.76. The predicted octanol–water partition coefficient (Wildman–Crippen LogP) is 2.84. The van der Waals surface area contributed by atoms with Crippen LogP contribution in [0.2, 0.25) is 0 Å². The summed E-state index contributed by atoms with van der Waals surface area (Å²) in [7, 11) is 0. The molecule has 4 rings (SSSR count). The molecule has 0 aromatic heterocycles. The Hall–Kier alpha value is -2.64. The molecule has 3 aliphatic rings. The van der Waals surface area contributed by atoms with Gasteiger partial charge in [-0.15, -0.1) is 0 Å². The Morgan fingerprint density at radius 3 is 2.33 bits per heavy atom. The van der Waals surface area contributed by atoms with Crippen LogP contribution in [0, 0.1) is 23.7 Å². The average molecular weight is 378 g/mol. The Labute approximate surface area is 153 Å². The van der Waals surface area contributed by atoms with E-state index in [9.17, 15) is 27.6 Å². The fraction of sp³-hybridized carbons (Fsp3) is 0.421. The largest absolute Gasteiger partial charge is 0.416 e. The van der Waals surface area contributed by atoms with Gasteiger partial charge in [0.25, 0.3) is 0 Å². The second-order valence-corrected chi connectivity index (χ2v) is 7.20. The van der Waals surface area contributed by atoms with Gasteiger partial charge in [-0.05, 0) is 36.5 Å². The molecule has 1 heterocycles. The molecule has 0 radical (unpaired) electrons. The number of likely N-dealkylation sites (tertiary alicyclic amines) is 1. The number of amides is 3. The number of rotatable bonds is 4. The van der Waals surface area contributed by atoms with Crippen molar-refractivity contribution in [2.24, 2.45) is 23.7 Å². The Morgan fingerprint density at radius 2 is 1.74 bits per heavy atom. The lowest BCUT2D eigenvalue weighted by Crippen LogP contribution is -2.35. The fourth-order valence-corrected chi connectivity index (χ4v) is 4.39. The zero-order chi connectivity index (χ0) is 19.3. The van der Waals surface area contributed by atoms with Crippen molar-refractivity contribution in [3.8, 4) is 0 Å². The summed E-state index contributed by atoms with van der Waals surface area (Å²) in [6, 6.07) is 4.32. The van der Waals surface area contributed by atoms with Crippen molar-refractivity contribution in [3.05, 3.63) is 42.0 Å². The van der Waals surface area contributed by atoms with E-state index in [4.69, 9.17) is 0 Å². The molecule has 1 saturated heterocycles. The number of nitrogens with zero attached hydrogens (tertiary/aromatic N) is 1. The van der Waals surface area contributed by atoms with Gasteiger partial charge in [0.1, 0.15) is 0 Å². The molecule has 1 N–H and O–H groups in total. The molecule has 0 spiro atoms. The monoisotopic (exact) mass is 378 g/mol. The van der Waals surface area contributed by atoms with Crippen LogP contribution in [0.15, 0.2) is 36.4 Å². The predicted molar refractivity (Wildman–Crippen MR) is 89.1 cm³/mol. The molecule has 4 atom stereocenters. The molecule has 2 aliphatic carbocycles. The summed E-state index contributed by atoms with van der Waals surface area (Å²) >= 11 is 0. The number of fused-ring (bicyclic) bond motifs is 5. The van der Waals surface area contributed by atoms with Crippen molar-refractivity contribution in [3.63, 3.8) is 0 Å². The van der Waals surface area contributed by atoms with Crippen LogP contribution in [-0.2, 0) is 20.6 Å². The molecule has 5 nitrogen and oxygen atoms in total. The summed E-state index contributed by atoms with van der Waals surface area (Å²) in [5, 5.41) is 2.39. The zero-order valence-corrected chi connectivity index (χ0v) is 14.2. The summed E-state index contributed by atoms with van der Waals surface area (Å²) in [6.45, 7) is -0.0606. The third-order valence-corrected chi connectivity index (χ3v) is 5.60. The van der Waals surface area contributed by atoms with Gasteiger partial charge in [-0.1, -0.05) is 18.2 Å². The molecule has 8 heteroatoms. The van der Waals surface area contributed by atoms with Crippen LogP contribution in [0.3, 0.4) is 0 Å². The van der Waals surface area contributed by atoms with Crippen LogP contribution < -0.4 is 5.32 Å². The number of carbonyl (C=O) groups is 3. The number of carbonyl (C=O) groups excluding carboxylic acids is 3. The summed E-state index contributed by atoms with van der Waals surface area (Å²) in [5.41, 5.74) is -0.839. The van der Waals surface area contributed by atoms with Crippen molar-refractivity contribution in [1.29, 1.82) is 0 Å². The van der Waals surface area contributed by atoms with Gasteiger partial charge in [-0.3, -0.25) is 19.3 Å². The van der Waals surface area contributed by atoms with E-state index in [0.29, 0.717) is 0 Å². The van der Waals surface area contributed by atoms with Crippen LogP contribution in [-0.4, -0.2) is 29.2 Å². The number of hydrogen-bond donors (Lipinski definition) is 1. The lowest BCUT2D eigenvalue weighted by molar-refractivity contribution is -0.141. The Morgan fingerprint density at radius 1 is 1.11 bits per heavy atom. The smallest absolute Gasteiger partial charge is 0.326 e. The molecular formula is C19H17F3N2O3. The minimum atomic E-state index is -4.50. The SMILES string of the molecule is O=C(CCN1C(=O)[C@@H]2[C@H](C1=O)[C@@H]1C=C[C@@H]2C1)Nc1cccc(C(F)(F)F)c1. The van der Waals surface area contributed by atoms with Crippen LogP contribution in [0.25, 0.3) is 0 Å². The molecule has 0 unspecified atom stereocenters. The van der Waals surface area contributed by atoms with Crippen LogP contribution in [0.5, 0.6) is 0 Å². The van der Waals surface area contributed by atoms with E-state index < -0.39 is 17.6 Å². The summed E-state index contributed by atoms with van der Waals surface area (Å²) in [4.78, 5) is 38.3. The molecule has 27 heavy (non-hydrogen) atoms. The van der Waals surface area contributed by atoms with Crippen molar-refractivity contribution in [2.75, 3.05) is 11.9 Å². The highest BCUT2D eigenvalue weighted by Gasteiger charge is 2.59. The number of hydrogen-bond acceptors (Lipinski definition) is 3. The van der Waals surface area contributed by atoms with Crippen molar-refractivity contribution < 1.29 is 27.6 Å². The molecule has 3 amide bonds. The van der Waals surface area contributed by atoms with Gasteiger partial charge < -0.3 is 5.32 Å². The van der Waals surface area contributed by atoms with E-state index in [1.165, 1.54) is 12.1 Å². The van der Waals surface area contributed by atoms with E-state index in [1.807, 2.05) is 12.2 Å². The second-order valence-electron chi connectivity index (χ2n) is 7.20. The third kappa shape index (κ3) is 3.02. The number of halogens is 3. The first-order valence-electron chi connectivity index (χ1n) is 8.76. The number of imide groups is 1. The maximum absolute atomic E-state index is 12.7. The van der Waals surface area contributed by atoms with Gasteiger partial charge in [0.2, 0.25) is 17.7 Å². The first kappa shape index (κ1) is 17.8. The lowest BCUT2D eigenvalue weighted by Gasteiger charge is -2.17. The number of alkyl halides is 3. The molecule has 142 valence electrons. The van der Waals surface area contributed by atoms with Crippen molar-refractivity contribution >= 4 is 23.4 Å². The summed E-state index contributed by atoms with van der Waals surface area (Å²) < 4.78 is 38.2. The number of benzene rings is 1. The van der Waals surface area contributed by atoms with Gasteiger partial charge >= 0.3 is 6.18 Å². The van der Waals surface area contributed by atoms with Gasteiger partial charge in [-0.2, -0.15) is 13.2 Å². The molecular weight excluding hydrogens is 361 g/mol. The number of anilines is 1. The Kier molecular flexibility index (Phi) is 4.09. The van der Waals surface area contributed by atoms with Crippen LogP contribution in [0.4, 0.5) is 18.9 Å². The maximum Gasteiger partial charge on any atom is 0.416 e. The fourth-order valence-electron chi connectivity index (χ4n) is 4.39. The molecule has 1 saturated carbocycles. The highest BCUT2D eigenvalue weighted by atomic mass is 19.4. The summed E-state index contributed by atoms with van der Waals surface area (Å²) in [5.74, 6) is -1.48. The average Bonchev–Trinajstić information content (AvgIpc) is 3.27. The number of allylic oxidation sites excluding steroid dienone is 2. The maximum atomic E-state index is 12.7. The van der Waals surface area contributed by atoms with Gasteiger partial charge in [0.05, 0.1) is 17.4 Å². The second kappa shape index (κ2) is 6.21. The highest BCUT2D eigenvalue weighted by Crippen LogP contribution is 2.52. The quantitative estimate of drug-likeness (QED) is 0.647. The van der Waals surface area contributed by atoms with Crippen LogP contribution in [0.1, 0.15) is 18.4 Å². The topological polar surface area (TPSA) is 66.5 Å². The van der Waals surface area contributed by atoms with E-state index in [-0.39, 0.29) is 54.1 Å². The Bertz CT molecular complexity index is 819. The molecule has 1 aromatic carbocycles. The molecule has 2 fully saturated rings. The third-order valence-electron chi connectivity index (χ3n) is 5.60.